The van der Waals surface area contributed by atoms with Crippen LogP contribution in [0.3, 0.4) is 0 Å². The first-order valence-corrected chi connectivity index (χ1v) is 12.2. The molecule has 11 heteroatoms. The highest BCUT2D eigenvalue weighted by molar-refractivity contribution is 7.99. The van der Waals surface area contributed by atoms with Crippen molar-refractivity contribution in [1.82, 2.24) is 9.55 Å². The second-order valence-corrected chi connectivity index (χ2v) is 9.72. The molecular formula is C24H20F3N3O3S2. The van der Waals surface area contributed by atoms with E-state index in [4.69, 9.17) is 4.74 Å². The van der Waals surface area contributed by atoms with Crippen LogP contribution in [0.2, 0.25) is 0 Å². The minimum Gasteiger partial charge on any atom is -0.497 e. The molecule has 4 aromatic rings. The number of benzene rings is 2. The van der Waals surface area contributed by atoms with Gasteiger partial charge in [0.05, 0.1) is 35.2 Å². The molecule has 0 atom stereocenters. The van der Waals surface area contributed by atoms with Gasteiger partial charge in [-0.2, -0.15) is 13.2 Å². The number of para-hydroxylation sites is 1. The number of amides is 1. The predicted molar refractivity (Wildman–Crippen MR) is 132 cm³/mol. The molecule has 0 radical (unpaired) electrons. The zero-order chi connectivity index (χ0) is 25.3. The van der Waals surface area contributed by atoms with Gasteiger partial charge in [-0.15, -0.1) is 11.3 Å². The summed E-state index contributed by atoms with van der Waals surface area (Å²) in [5.41, 5.74) is -0.183. The van der Waals surface area contributed by atoms with Crippen molar-refractivity contribution in [3.8, 4) is 11.4 Å². The zero-order valence-corrected chi connectivity index (χ0v) is 20.5. The maximum absolute atomic E-state index is 13.5. The van der Waals surface area contributed by atoms with Gasteiger partial charge in [0, 0.05) is 4.88 Å². The van der Waals surface area contributed by atoms with Crippen LogP contribution in [0.5, 0.6) is 5.75 Å². The molecule has 4 rings (SSSR count). The third-order valence-corrected chi connectivity index (χ3v) is 7.38. The third-order valence-electron chi connectivity index (χ3n) is 5.34. The van der Waals surface area contributed by atoms with Gasteiger partial charge in [0.25, 0.3) is 5.56 Å². The monoisotopic (exact) mass is 519 g/mol. The highest BCUT2D eigenvalue weighted by atomic mass is 32.2. The number of hydrogen-bond donors (Lipinski definition) is 1. The summed E-state index contributed by atoms with van der Waals surface area (Å²) in [4.78, 5) is 32.2. The Hall–Kier alpha value is -3.31. The summed E-state index contributed by atoms with van der Waals surface area (Å²) in [7, 11) is 1.53. The van der Waals surface area contributed by atoms with Crippen molar-refractivity contribution >= 4 is 44.9 Å². The van der Waals surface area contributed by atoms with Crippen LogP contribution in [0.1, 0.15) is 16.0 Å². The number of nitrogens with zero attached hydrogens (tertiary/aromatic N) is 2. The second-order valence-electron chi connectivity index (χ2n) is 7.58. The van der Waals surface area contributed by atoms with Crippen LogP contribution in [-0.2, 0) is 11.0 Å². The Kier molecular flexibility index (Phi) is 6.91. The van der Waals surface area contributed by atoms with Gasteiger partial charge in [-0.1, -0.05) is 23.9 Å². The average molecular weight is 520 g/mol. The number of thiophene rings is 1. The summed E-state index contributed by atoms with van der Waals surface area (Å²) < 4.78 is 46.4. The molecule has 6 nitrogen and oxygen atoms in total. The van der Waals surface area contributed by atoms with Crippen molar-refractivity contribution in [2.75, 3.05) is 18.2 Å². The Labute approximate surface area is 206 Å². The summed E-state index contributed by atoms with van der Waals surface area (Å²) in [5, 5.41) is 3.07. The number of alkyl halides is 3. The Balaban J connectivity index is 1.68. The molecule has 0 saturated heterocycles. The summed E-state index contributed by atoms with van der Waals surface area (Å²) in [6.45, 7) is 3.76. The van der Waals surface area contributed by atoms with Gasteiger partial charge in [0.15, 0.2) is 5.16 Å². The summed E-state index contributed by atoms with van der Waals surface area (Å²) >= 11 is 2.35. The van der Waals surface area contributed by atoms with Crippen LogP contribution in [-0.4, -0.2) is 28.3 Å². The largest absolute Gasteiger partial charge is 0.497 e. The number of fused-ring (bicyclic) bond motifs is 1. The van der Waals surface area contributed by atoms with Crippen molar-refractivity contribution in [1.29, 1.82) is 0 Å². The molecule has 0 fully saturated rings. The van der Waals surface area contributed by atoms with Crippen molar-refractivity contribution in [3.63, 3.8) is 0 Å². The highest BCUT2D eigenvalue weighted by Gasteiger charge is 2.33. The molecule has 2 heterocycles. The van der Waals surface area contributed by atoms with Crippen LogP contribution in [0.4, 0.5) is 18.9 Å². The predicted octanol–water partition coefficient (Wildman–Crippen LogP) is 5.82. The van der Waals surface area contributed by atoms with Gasteiger partial charge in [0.2, 0.25) is 5.91 Å². The molecule has 2 aromatic carbocycles. The van der Waals surface area contributed by atoms with E-state index < -0.39 is 17.6 Å². The standard InChI is InChI=1S/C24H20F3N3O3S2/c1-13-14(2)35-21-20(13)22(32)30(15-8-10-16(33-3)11-9-15)23(29-21)34-12-19(31)28-18-7-5-4-6-17(18)24(25,26)27/h4-11H,12H2,1-3H3,(H,28,31). The lowest BCUT2D eigenvalue weighted by Gasteiger charge is -2.14. The van der Waals surface area contributed by atoms with Crippen molar-refractivity contribution in [2.24, 2.45) is 0 Å². The van der Waals surface area contributed by atoms with E-state index in [0.717, 1.165) is 28.3 Å². The first-order chi connectivity index (χ1) is 16.6. The van der Waals surface area contributed by atoms with Crippen molar-refractivity contribution in [2.45, 2.75) is 25.2 Å². The fourth-order valence-electron chi connectivity index (χ4n) is 3.49. The molecule has 0 aliphatic rings. The normalized spacial score (nSPS) is 11.6. The number of thioether (sulfide) groups is 1. The summed E-state index contributed by atoms with van der Waals surface area (Å²) in [6, 6.07) is 11.6. The molecule has 0 bridgehead atoms. The minimum absolute atomic E-state index is 0.246. The zero-order valence-electron chi connectivity index (χ0n) is 18.9. The van der Waals surface area contributed by atoms with Crippen LogP contribution in [0, 0.1) is 13.8 Å². The number of nitrogens with one attached hydrogen (secondary N) is 1. The maximum Gasteiger partial charge on any atom is 0.418 e. The molecule has 2 aromatic heterocycles. The maximum atomic E-state index is 13.5. The van der Waals surface area contributed by atoms with Gasteiger partial charge in [-0.3, -0.25) is 14.2 Å². The number of anilines is 1. The minimum atomic E-state index is -4.60. The third kappa shape index (κ3) is 5.06. The second kappa shape index (κ2) is 9.74. The van der Waals surface area contributed by atoms with Crippen LogP contribution in [0.15, 0.2) is 58.5 Å². The summed E-state index contributed by atoms with van der Waals surface area (Å²) in [6.07, 6.45) is -4.60. The summed E-state index contributed by atoms with van der Waals surface area (Å²) in [5.74, 6) is -0.292. The quantitative estimate of drug-likeness (QED) is 0.257. The van der Waals surface area contributed by atoms with E-state index in [9.17, 15) is 22.8 Å². The van der Waals surface area contributed by atoms with Crippen LogP contribution < -0.4 is 15.6 Å². The van der Waals surface area contributed by atoms with E-state index in [1.165, 1.54) is 41.2 Å². The lowest BCUT2D eigenvalue weighted by atomic mass is 10.1. The molecule has 0 spiro atoms. The van der Waals surface area contributed by atoms with Crippen molar-refractivity contribution < 1.29 is 22.7 Å². The molecule has 182 valence electrons. The number of halogens is 3. The molecule has 1 amide bonds. The van der Waals surface area contributed by atoms with E-state index in [1.54, 1.807) is 24.3 Å². The number of ether oxygens (including phenoxy) is 1. The number of carbonyl (C=O) groups is 1. The number of rotatable bonds is 6. The molecule has 0 saturated carbocycles. The first kappa shape index (κ1) is 24.8. The van der Waals surface area contributed by atoms with E-state index in [0.29, 0.717) is 21.7 Å². The molecule has 1 N–H and O–H groups in total. The van der Waals surface area contributed by atoms with E-state index in [2.05, 4.69) is 10.3 Å². The van der Waals surface area contributed by atoms with Crippen LogP contribution in [0.25, 0.3) is 15.9 Å². The fourth-order valence-corrected chi connectivity index (χ4v) is 5.37. The smallest absolute Gasteiger partial charge is 0.418 e. The molecular weight excluding hydrogens is 499 g/mol. The lowest BCUT2D eigenvalue weighted by Crippen LogP contribution is -2.23. The van der Waals surface area contributed by atoms with Gasteiger partial charge in [-0.05, 0) is 55.8 Å². The number of carbonyl (C=O) groups excluding carboxylic acids is 1. The Morgan fingerprint density at radius 2 is 1.83 bits per heavy atom. The Morgan fingerprint density at radius 1 is 1.14 bits per heavy atom. The van der Waals surface area contributed by atoms with Gasteiger partial charge in [0.1, 0.15) is 10.6 Å². The molecule has 0 aliphatic carbocycles. The molecule has 0 unspecified atom stereocenters. The highest BCUT2D eigenvalue weighted by Crippen LogP contribution is 2.35. The molecule has 0 aliphatic heterocycles. The van der Waals surface area contributed by atoms with Crippen LogP contribution >= 0.6 is 23.1 Å². The topological polar surface area (TPSA) is 73.2 Å². The first-order valence-electron chi connectivity index (χ1n) is 10.4. The Morgan fingerprint density at radius 3 is 2.49 bits per heavy atom. The fraction of sp³-hybridized carbons (Fsp3) is 0.208. The van der Waals surface area contributed by atoms with Crippen molar-refractivity contribution in [3.05, 3.63) is 74.9 Å². The average Bonchev–Trinajstić information content (AvgIpc) is 3.11. The van der Waals surface area contributed by atoms with E-state index in [1.807, 2.05) is 13.8 Å². The molecule has 35 heavy (non-hydrogen) atoms. The number of methoxy groups -OCH3 is 1. The van der Waals surface area contributed by atoms with Gasteiger partial charge < -0.3 is 10.1 Å². The van der Waals surface area contributed by atoms with E-state index >= 15 is 0 Å². The lowest BCUT2D eigenvalue weighted by molar-refractivity contribution is -0.137. The number of aromatic nitrogens is 2. The SMILES string of the molecule is COc1ccc(-n2c(SCC(=O)Nc3ccccc3C(F)(F)F)nc3sc(C)c(C)c3c2=O)cc1. The number of hydrogen-bond acceptors (Lipinski definition) is 6. The van der Waals surface area contributed by atoms with Gasteiger partial charge in [-0.25, -0.2) is 4.98 Å². The number of aryl methyl sites for hydroxylation is 2. The van der Waals surface area contributed by atoms with Gasteiger partial charge >= 0.3 is 6.18 Å². The Bertz CT molecular complexity index is 1460. The van der Waals surface area contributed by atoms with E-state index in [-0.39, 0.29) is 22.2 Å².